The Labute approximate surface area is 152 Å². The summed E-state index contributed by atoms with van der Waals surface area (Å²) in [5, 5.41) is 12.2. The molecule has 1 heterocycles. The fourth-order valence-electron chi connectivity index (χ4n) is 3.76. The summed E-state index contributed by atoms with van der Waals surface area (Å²) in [5.41, 5.74) is -0.207. The largest absolute Gasteiger partial charge is 0.497 e. The Morgan fingerprint density at radius 1 is 1.27 bits per heavy atom. The van der Waals surface area contributed by atoms with Crippen LogP contribution in [0.5, 0.6) is 5.75 Å². The highest BCUT2D eigenvalue weighted by Gasteiger charge is 2.45. The number of nitrogens with one attached hydrogen (secondary N) is 1. The van der Waals surface area contributed by atoms with Crippen LogP contribution in [0.3, 0.4) is 0 Å². The number of carbonyl (C=O) groups excluding carboxylic acids is 2. The fraction of sp³-hybridized carbons (Fsp3) is 0.526. The van der Waals surface area contributed by atoms with Gasteiger partial charge < -0.3 is 20.1 Å². The molecule has 2 amide bonds. The van der Waals surface area contributed by atoms with E-state index in [9.17, 15) is 19.5 Å². The van der Waals surface area contributed by atoms with Gasteiger partial charge in [-0.05, 0) is 30.5 Å². The average Bonchev–Trinajstić information content (AvgIpc) is 3.24. The van der Waals surface area contributed by atoms with E-state index in [1.165, 1.54) is 0 Å². The van der Waals surface area contributed by atoms with Gasteiger partial charge in [-0.25, -0.2) is 4.79 Å². The second kappa shape index (κ2) is 7.35. The number of likely N-dealkylation sites (tertiary alicyclic amines) is 1. The van der Waals surface area contributed by atoms with E-state index in [4.69, 9.17) is 4.74 Å². The normalized spacial score (nSPS) is 21.7. The fourth-order valence-corrected chi connectivity index (χ4v) is 3.76. The van der Waals surface area contributed by atoms with Crippen molar-refractivity contribution in [1.82, 2.24) is 10.2 Å². The predicted molar refractivity (Wildman–Crippen MR) is 93.5 cm³/mol. The van der Waals surface area contributed by atoms with Gasteiger partial charge in [-0.3, -0.25) is 9.59 Å². The van der Waals surface area contributed by atoms with Crippen molar-refractivity contribution in [3.63, 3.8) is 0 Å². The van der Waals surface area contributed by atoms with Gasteiger partial charge in [0.05, 0.1) is 13.0 Å². The third kappa shape index (κ3) is 3.66. The Morgan fingerprint density at radius 3 is 2.50 bits per heavy atom. The molecule has 0 aromatic heterocycles. The minimum Gasteiger partial charge on any atom is -0.497 e. The quantitative estimate of drug-likeness (QED) is 0.803. The van der Waals surface area contributed by atoms with Crippen molar-refractivity contribution in [2.24, 2.45) is 5.92 Å². The lowest BCUT2D eigenvalue weighted by atomic mass is 9.96. The van der Waals surface area contributed by atoms with Crippen LogP contribution in [0, 0.1) is 5.92 Å². The van der Waals surface area contributed by atoms with Crippen LogP contribution in [0.4, 0.5) is 0 Å². The third-order valence-corrected chi connectivity index (χ3v) is 5.35. The summed E-state index contributed by atoms with van der Waals surface area (Å²) >= 11 is 0. The van der Waals surface area contributed by atoms with Crippen molar-refractivity contribution in [2.75, 3.05) is 13.7 Å². The second-order valence-corrected chi connectivity index (χ2v) is 7.11. The molecular weight excluding hydrogens is 336 g/mol. The number of hydrogen-bond donors (Lipinski definition) is 2. The van der Waals surface area contributed by atoms with Gasteiger partial charge in [-0.15, -0.1) is 0 Å². The van der Waals surface area contributed by atoms with Crippen molar-refractivity contribution >= 4 is 17.8 Å². The first kappa shape index (κ1) is 18.2. The van der Waals surface area contributed by atoms with Gasteiger partial charge >= 0.3 is 5.97 Å². The lowest BCUT2D eigenvalue weighted by Crippen LogP contribution is -2.54. The molecule has 0 bridgehead atoms. The van der Waals surface area contributed by atoms with Crippen LogP contribution in [0.1, 0.15) is 37.7 Å². The van der Waals surface area contributed by atoms with E-state index in [0.717, 1.165) is 24.2 Å². The molecular formula is C19H24N2O5. The minimum atomic E-state index is -1.16. The van der Waals surface area contributed by atoms with Crippen molar-refractivity contribution in [2.45, 2.75) is 44.2 Å². The minimum absolute atomic E-state index is 0.0863. The van der Waals surface area contributed by atoms with Gasteiger partial charge in [-0.1, -0.05) is 25.0 Å². The Kier molecular flexibility index (Phi) is 5.15. The molecule has 1 aliphatic heterocycles. The summed E-state index contributed by atoms with van der Waals surface area (Å²) < 4.78 is 5.12. The number of ether oxygens (including phenoxy) is 1. The molecule has 7 nitrogen and oxygen atoms in total. The molecule has 2 fully saturated rings. The molecule has 140 valence electrons. The number of methoxy groups -OCH3 is 1. The zero-order chi connectivity index (χ0) is 18.7. The van der Waals surface area contributed by atoms with Crippen molar-refractivity contribution < 1.29 is 24.2 Å². The van der Waals surface area contributed by atoms with E-state index in [-0.39, 0.29) is 18.2 Å². The topological polar surface area (TPSA) is 95.9 Å². The number of amides is 2. The SMILES string of the molecule is COc1ccc(CN2CC(C(=O)NC3(C(=O)O)CCCC3)CC2=O)cc1. The summed E-state index contributed by atoms with van der Waals surface area (Å²) in [6.45, 7) is 0.739. The Bertz CT molecular complexity index is 694. The highest BCUT2D eigenvalue weighted by molar-refractivity contribution is 5.92. The predicted octanol–water partition coefficient (Wildman–Crippen LogP) is 1.56. The van der Waals surface area contributed by atoms with E-state index >= 15 is 0 Å². The monoisotopic (exact) mass is 360 g/mol. The molecule has 2 aliphatic rings. The van der Waals surface area contributed by atoms with Crippen LogP contribution in [0.15, 0.2) is 24.3 Å². The van der Waals surface area contributed by atoms with Crippen LogP contribution >= 0.6 is 0 Å². The van der Waals surface area contributed by atoms with E-state index in [2.05, 4.69) is 5.32 Å². The number of hydrogen-bond acceptors (Lipinski definition) is 4. The standard InChI is InChI=1S/C19H24N2O5/c1-26-15-6-4-13(5-7-15)11-21-12-14(10-16(21)22)17(23)20-19(18(24)25)8-2-3-9-19/h4-7,14H,2-3,8-12H2,1H3,(H,20,23)(H,24,25). The van der Waals surface area contributed by atoms with Crippen molar-refractivity contribution in [1.29, 1.82) is 0 Å². The first-order chi connectivity index (χ1) is 12.4. The van der Waals surface area contributed by atoms with E-state index in [0.29, 0.717) is 25.9 Å². The van der Waals surface area contributed by atoms with E-state index in [1.54, 1.807) is 12.0 Å². The second-order valence-electron chi connectivity index (χ2n) is 7.11. The van der Waals surface area contributed by atoms with Gasteiger partial charge in [0.25, 0.3) is 0 Å². The molecule has 3 rings (SSSR count). The summed E-state index contributed by atoms with van der Waals surface area (Å²) in [7, 11) is 1.59. The van der Waals surface area contributed by atoms with Crippen LogP contribution in [0.25, 0.3) is 0 Å². The first-order valence-electron chi connectivity index (χ1n) is 8.90. The van der Waals surface area contributed by atoms with E-state index in [1.807, 2.05) is 24.3 Å². The number of carboxylic acids is 1. The molecule has 1 aromatic rings. The maximum atomic E-state index is 12.6. The molecule has 1 saturated heterocycles. The smallest absolute Gasteiger partial charge is 0.329 e. The van der Waals surface area contributed by atoms with Crippen LogP contribution < -0.4 is 10.1 Å². The Balaban J connectivity index is 1.61. The highest BCUT2D eigenvalue weighted by Crippen LogP contribution is 2.31. The molecule has 7 heteroatoms. The summed E-state index contributed by atoms with van der Waals surface area (Å²) in [6.07, 6.45) is 2.60. The van der Waals surface area contributed by atoms with Gasteiger partial charge in [-0.2, -0.15) is 0 Å². The number of rotatable bonds is 6. The zero-order valence-corrected chi connectivity index (χ0v) is 14.9. The maximum Gasteiger partial charge on any atom is 0.329 e. The number of nitrogens with zero attached hydrogens (tertiary/aromatic N) is 1. The van der Waals surface area contributed by atoms with Gasteiger partial charge in [0.15, 0.2) is 0 Å². The van der Waals surface area contributed by atoms with E-state index < -0.39 is 17.4 Å². The molecule has 1 unspecified atom stereocenters. The number of benzene rings is 1. The lowest BCUT2D eigenvalue weighted by Gasteiger charge is -2.27. The van der Waals surface area contributed by atoms with Crippen LogP contribution in [-0.4, -0.2) is 47.0 Å². The molecule has 2 N–H and O–H groups in total. The summed E-state index contributed by atoms with van der Waals surface area (Å²) in [5.74, 6) is -1.16. The highest BCUT2D eigenvalue weighted by atomic mass is 16.5. The molecule has 0 spiro atoms. The van der Waals surface area contributed by atoms with Crippen LogP contribution in [0.2, 0.25) is 0 Å². The lowest BCUT2D eigenvalue weighted by molar-refractivity contribution is -0.148. The van der Waals surface area contributed by atoms with Gasteiger partial charge in [0, 0.05) is 19.5 Å². The average molecular weight is 360 g/mol. The molecule has 1 aromatic carbocycles. The summed E-state index contributed by atoms with van der Waals surface area (Å²) in [6, 6.07) is 7.43. The number of aliphatic carboxylic acids is 1. The zero-order valence-electron chi connectivity index (χ0n) is 14.9. The molecule has 26 heavy (non-hydrogen) atoms. The van der Waals surface area contributed by atoms with Gasteiger partial charge in [0.2, 0.25) is 11.8 Å². The molecule has 0 radical (unpaired) electrons. The number of carboxylic acid groups (broad SMARTS) is 1. The molecule has 1 aliphatic carbocycles. The Morgan fingerprint density at radius 2 is 1.92 bits per heavy atom. The maximum absolute atomic E-state index is 12.6. The third-order valence-electron chi connectivity index (χ3n) is 5.35. The van der Waals surface area contributed by atoms with Crippen LogP contribution in [-0.2, 0) is 20.9 Å². The van der Waals surface area contributed by atoms with Crippen molar-refractivity contribution in [3.05, 3.63) is 29.8 Å². The molecule has 1 saturated carbocycles. The van der Waals surface area contributed by atoms with Crippen molar-refractivity contribution in [3.8, 4) is 5.75 Å². The Hall–Kier alpha value is -2.57. The first-order valence-corrected chi connectivity index (χ1v) is 8.90. The van der Waals surface area contributed by atoms with Gasteiger partial charge in [0.1, 0.15) is 11.3 Å². The summed E-state index contributed by atoms with van der Waals surface area (Å²) in [4.78, 5) is 38.1. The number of carbonyl (C=O) groups is 3. The molecule has 1 atom stereocenters.